The van der Waals surface area contributed by atoms with E-state index >= 15 is 0 Å². The molecule has 1 aromatic rings. The Labute approximate surface area is 161 Å². The molecule has 3 atom stereocenters. The monoisotopic (exact) mass is 367 g/mol. The molecule has 0 bridgehead atoms. The first-order chi connectivity index (χ1) is 13.2. The van der Waals surface area contributed by atoms with Gasteiger partial charge in [0.1, 0.15) is 6.04 Å². The van der Waals surface area contributed by atoms with Crippen molar-refractivity contribution < 1.29 is 9.59 Å². The lowest BCUT2D eigenvalue weighted by atomic mass is 9.84. The summed E-state index contributed by atoms with van der Waals surface area (Å²) in [5.74, 6) is 0.472. The zero-order chi connectivity index (χ0) is 18.6. The Morgan fingerprint density at radius 1 is 1.15 bits per heavy atom. The molecule has 0 aromatic heterocycles. The van der Waals surface area contributed by atoms with Crippen LogP contribution in [0.1, 0.15) is 48.9 Å². The fourth-order valence-electron chi connectivity index (χ4n) is 4.86. The highest BCUT2D eigenvalue weighted by Gasteiger charge is 2.47. The number of nitrogens with one attached hydrogen (secondary N) is 2. The van der Waals surface area contributed by atoms with Crippen molar-refractivity contribution in [2.75, 3.05) is 19.6 Å². The van der Waals surface area contributed by atoms with Gasteiger partial charge in [-0.2, -0.15) is 0 Å². The summed E-state index contributed by atoms with van der Waals surface area (Å²) in [6.45, 7) is 2.44. The van der Waals surface area contributed by atoms with Crippen molar-refractivity contribution in [3.8, 4) is 0 Å². The second kappa shape index (κ2) is 8.26. The summed E-state index contributed by atoms with van der Waals surface area (Å²) in [5, 5.41) is 6.40. The third kappa shape index (κ3) is 3.93. The zero-order valence-corrected chi connectivity index (χ0v) is 15.8. The van der Waals surface area contributed by atoms with Gasteiger partial charge in [-0.25, -0.2) is 0 Å². The Balaban J connectivity index is 1.50. The molecular formula is C22H29N3O2. The van der Waals surface area contributed by atoms with Crippen LogP contribution in [-0.4, -0.2) is 48.4 Å². The maximum absolute atomic E-state index is 13.2. The zero-order valence-electron chi connectivity index (χ0n) is 15.8. The number of amides is 2. The number of benzene rings is 1. The lowest BCUT2D eigenvalue weighted by Crippen LogP contribution is -2.50. The maximum atomic E-state index is 13.2. The van der Waals surface area contributed by atoms with Gasteiger partial charge < -0.3 is 15.5 Å². The van der Waals surface area contributed by atoms with Gasteiger partial charge in [-0.1, -0.05) is 42.7 Å². The molecule has 1 aliphatic carbocycles. The van der Waals surface area contributed by atoms with E-state index in [4.69, 9.17) is 0 Å². The minimum absolute atomic E-state index is 0.00577. The van der Waals surface area contributed by atoms with Crippen LogP contribution in [0.2, 0.25) is 0 Å². The SMILES string of the molecule is O=C(NCC1=CCNCC1)C1CC2CCCCC2N1C(=O)c1ccccc1. The van der Waals surface area contributed by atoms with Crippen LogP contribution in [0.4, 0.5) is 0 Å². The number of likely N-dealkylation sites (tertiary alicyclic amines) is 1. The Hall–Kier alpha value is -2.14. The fraction of sp³-hybridized carbons (Fsp3) is 0.545. The van der Waals surface area contributed by atoms with Gasteiger partial charge in [-0.15, -0.1) is 0 Å². The van der Waals surface area contributed by atoms with E-state index in [1.165, 1.54) is 12.0 Å². The number of fused-ring (bicyclic) bond motifs is 1. The highest BCUT2D eigenvalue weighted by Crippen LogP contribution is 2.40. The van der Waals surface area contributed by atoms with Crippen LogP contribution in [0.3, 0.4) is 0 Å². The standard InChI is InChI=1S/C22H29N3O2/c26-21(24-15-16-10-12-23-13-11-16)20-14-18-8-4-5-9-19(18)25(20)22(27)17-6-2-1-3-7-17/h1-3,6-7,10,18-20,23H,4-5,8-9,11-15H2,(H,24,26). The average Bonchev–Trinajstić information content (AvgIpc) is 3.12. The van der Waals surface area contributed by atoms with Gasteiger partial charge in [0, 0.05) is 24.7 Å². The molecule has 5 nitrogen and oxygen atoms in total. The highest BCUT2D eigenvalue weighted by atomic mass is 16.2. The van der Waals surface area contributed by atoms with Crippen molar-refractivity contribution in [2.24, 2.45) is 5.92 Å². The van der Waals surface area contributed by atoms with E-state index in [2.05, 4.69) is 16.7 Å². The summed E-state index contributed by atoms with van der Waals surface area (Å²) in [4.78, 5) is 28.2. The molecule has 2 amide bonds. The van der Waals surface area contributed by atoms with E-state index in [1.54, 1.807) is 0 Å². The van der Waals surface area contributed by atoms with E-state index in [0.29, 0.717) is 18.0 Å². The van der Waals surface area contributed by atoms with Crippen LogP contribution in [0.15, 0.2) is 42.0 Å². The summed E-state index contributed by atoms with van der Waals surface area (Å²) >= 11 is 0. The molecule has 144 valence electrons. The van der Waals surface area contributed by atoms with Crippen LogP contribution < -0.4 is 10.6 Å². The predicted octanol–water partition coefficient (Wildman–Crippen LogP) is 2.50. The summed E-state index contributed by atoms with van der Waals surface area (Å²) < 4.78 is 0. The second-order valence-corrected chi connectivity index (χ2v) is 7.98. The van der Waals surface area contributed by atoms with Crippen molar-refractivity contribution in [1.82, 2.24) is 15.5 Å². The molecule has 2 heterocycles. The van der Waals surface area contributed by atoms with Crippen LogP contribution in [-0.2, 0) is 4.79 Å². The Morgan fingerprint density at radius 2 is 1.96 bits per heavy atom. The molecular weight excluding hydrogens is 338 g/mol. The van der Waals surface area contributed by atoms with Crippen molar-refractivity contribution in [3.63, 3.8) is 0 Å². The minimum Gasteiger partial charge on any atom is -0.351 e. The number of nitrogens with zero attached hydrogens (tertiary/aromatic N) is 1. The molecule has 3 aliphatic rings. The van der Waals surface area contributed by atoms with Gasteiger partial charge in [0.25, 0.3) is 5.91 Å². The highest BCUT2D eigenvalue weighted by molar-refractivity contribution is 5.98. The van der Waals surface area contributed by atoms with Gasteiger partial charge in [-0.05, 0) is 50.3 Å². The molecule has 2 aliphatic heterocycles. The van der Waals surface area contributed by atoms with Gasteiger partial charge in [-0.3, -0.25) is 9.59 Å². The van der Waals surface area contributed by atoms with E-state index in [1.807, 2.05) is 35.2 Å². The third-order valence-electron chi connectivity index (χ3n) is 6.29. The first kappa shape index (κ1) is 18.2. The lowest BCUT2D eigenvalue weighted by Gasteiger charge is -2.33. The van der Waals surface area contributed by atoms with Crippen molar-refractivity contribution in [2.45, 2.75) is 50.6 Å². The van der Waals surface area contributed by atoms with Crippen molar-refractivity contribution in [1.29, 1.82) is 0 Å². The number of carbonyl (C=O) groups excluding carboxylic acids is 2. The maximum Gasteiger partial charge on any atom is 0.254 e. The molecule has 3 unspecified atom stereocenters. The second-order valence-electron chi connectivity index (χ2n) is 7.98. The summed E-state index contributed by atoms with van der Waals surface area (Å²) in [7, 11) is 0. The first-order valence-electron chi connectivity index (χ1n) is 10.3. The molecule has 0 spiro atoms. The van der Waals surface area contributed by atoms with Gasteiger partial charge in [0.2, 0.25) is 5.91 Å². The number of carbonyl (C=O) groups is 2. The van der Waals surface area contributed by atoms with Crippen molar-refractivity contribution in [3.05, 3.63) is 47.5 Å². The molecule has 27 heavy (non-hydrogen) atoms. The van der Waals surface area contributed by atoms with Gasteiger partial charge in [0.05, 0.1) is 0 Å². The predicted molar refractivity (Wildman–Crippen MR) is 105 cm³/mol. The van der Waals surface area contributed by atoms with Crippen molar-refractivity contribution >= 4 is 11.8 Å². The fourth-order valence-corrected chi connectivity index (χ4v) is 4.86. The first-order valence-corrected chi connectivity index (χ1v) is 10.3. The molecule has 2 fully saturated rings. The molecule has 5 heteroatoms. The smallest absolute Gasteiger partial charge is 0.254 e. The summed E-state index contributed by atoms with van der Waals surface area (Å²) in [6.07, 6.45) is 8.44. The lowest BCUT2D eigenvalue weighted by molar-refractivity contribution is -0.125. The normalized spacial score (nSPS) is 27.6. The molecule has 0 radical (unpaired) electrons. The Bertz CT molecular complexity index is 716. The largest absolute Gasteiger partial charge is 0.351 e. The number of hydrogen-bond donors (Lipinski definition) is 2. The van der Waals surface area contributed by atoms with Gasteiger partial charge >= 0.3 is 0 Å². The van der Waals surface area contributed by atoms with Crippen LogP contribution in [0.5, 0.6) is 0 Å². The molecule has 1 aromatic carbocycles. The third-order valence-corrected chi connectivity index (χ3v) is 6.29. The Kier molecular flexibility index (Phi) is 5.58. The topological polar surface area (TPSA) is 61.4 Å². The molecule has 1 saturated carbocycles. The molecule has 2 N–H and O–H groups in total. The van der Waals surface area contributed by atoms with Crippen LogP contribution in [0, 0.1) is 5.92 Å². The van der Waals surface area contributed by atoms with Crippen LogP contribution in [0.25, 0.3) is 0 Å². The minimum atomic E-state index is -0.340. The Morgan fingerprint density at radius 3 is 2.74 bits per heavy atom. The summed E-state index contributed by atoms with van der Waals surface area (Å²) in [5.41, 5.74) is 1.96. The van der Waals surface area contributed by atoms with E-state index in [-0.39, 0.29) is 23.9 Å². The van der Waals surface area contributed by atoms with E-state index < -0.39 is 0 Å². The molecule has 4 rings (SSSR count). The quantitative estimate of drug-likeness (QED) is 0.804. The molecule has 1 saturated heterocycles. The average molecular weight is 367 g/mol. The summed E-state index contributed by atoms with van der Waals surface area (Å²) in [6, 6.07) is 9.27. The van der Waals surface area contributed by atoms with E-state index in [0.717, 1.165) is 45.2 Å². The van der Waals surface area contributed by atoms with Crippen LogP contribution >= 0.6 is 0 Å². The number of rotatable bonds is 4. The number of hydrogen-bond acceptors (Lipinski definition) is 3. The van der Waals surface area contributed by atoms with Gasteiger partial charge in [0.15, 0.2) is 0 Å². The van der Waals surface area contributed by atoms with E-state index in [9.17, 15) is 9.59 Å².